The molecule has 0 spiro atoms. The highest BCUT2D eigenvalue weighted by atomic mass is 16.5. The highest BCUT2D eigenvalue weighted by Crippen LogP contribution is 2.19. The number of aromatic nitrogens is 3. The third-order valence-electron chi connectivity index (χ3n) is 5.00. The Morgan fingerprint density at radius 3 is 2.70 bits per heavy atom. The normalized spacial score (nSPS) is 10.9. The summed E-state index contributed by atoms with van der Waals surface area (Å²) in [4.78, 5) is 35.1. The molecule has 4 aromatic rings. The van der Waals surface area contributed by atoms with E-state index < -0.39 is 0 Å². The van der Waals surface area contributed by atoms with Crippen molar-refractivity contribution in [3.05, 3.63) is 93.5 Å². The molecule has 0 saturated carbocycles. The van der Waals surface area contributed by atoms with Gasteiger partial charge in [0, 0.05) is 28.9 Å². The van der Waals surface area contributed by atoms with Crippen LogP contribution in [0.1, 0.15) is 27.2 Å². The van der Waals surface area contributed by atoms with Crippen LogP contribution in [-0.2, 0) is 6.54 Å². The summed E-state index contributed by atoms with van der Waals surface area (Å²) in [6.45, 7) is 2.26. The van der Waals surface area contributed by atoms with Crippen LogP contribution in [0.25, 0.3) is 10.9 Å². The van der Waals surface area contributed by atoms with Gasteiger partial charge in [0.15, 0.2) is 13.6 Å². The maximum absolute atomic E-state index is 13.2. The van der Waals surface area contributed by atoms with Crippen LogP contribution in [0, 0.1) is 6.92 Å². The van der Waals surface area contributed by atoms with Crippen LogP contribution in [0.4, 0.5) is 0 Å². The minimum Gasteiger partial charge on any atom is -0.481 e. The molecule has 0 unspecified atom stereocenters. The third-order valence-corrected chi connectivity index (χ3v) is 5.00. The van der Waals surface area contributed by atoms with Gasteiger partial charge < -0.3 is 9.30 Å². The first-order chi connectivity index (χ1) is 14.5. The van der Waals surface area contributed by atoms with Crippen molar-refractivity contribution in [3.63, 3.8) is 0 Å². The molecule has 30 heavy (non-hydrogen) atoms. The van der Waals surface area contributed by atoms with E-state index in [2.05, 4.69) is 9.97 Å². The number of aryl methyl sites for hydroxylation is 1. The highest BCUT2D eigenvalue weighted by molar-refractivity contribution is 6.30. The van der Waals surface area contributed by atoms with Crippen LogP contribution in [0.15, 0.2) is 65.7 Å². The predicted octanol–water partition coefficient (Wildman–Crippen LogP) is 1.65. The van der Waals surface area contributed by atoms with Crippen molar-refractivity contribution in [2.24, 2.45) is 0 Å². The maximum Gasteiger partial charge on any atom is 0.215 e. The van der Waals surface area contributed by atoms with Gasteiger partial charge in [-0.3, -0.25) is 14.6 Å². The Hall–Kier alpha value is -3.74. The first-order valence-electron chi connectivity index (χ1n) is 9.58. The molecular formula is C23H20BN3O3. The van der Waals surface area contributed by atoms with Crippen molar-refractivity contribution in [2.75, 3.05) is 7.11 Å². The first kappa shape index (κ1) is 19.6. The molecule has 0 aliphatic carbocycles. The summed E-state index contributed by atoms with van der Waals surface area (Å²) in [6.07, 6.45) is 3.06. The second-order valence-electron chi connectivity index (χ2n) is 7.17. The van der Waals surface area contributed by atoms with Crippen molar-refractivity contribution in [1.82, 2.24) is 14.5 Å². The molecule has 0 aliphatic rings. The molecule has 3 aromatic heterocycles. The molecule has 0 radical (unpaired) electrons. The Kier molecular flexibility index (Phi) is 5.19. The predicted molar refractivity (Wildman–Crippen MR) is 119 cm³/mol. The molecule has 1 aromatic carbocycles. The molecule has 3 heterocycles. The van der Waals surface area contributed by atoms with E-state index in [1.54, 1.807) is 24.4 Å². The number of rotatable bonds is 5. The number of fused-ring (bicyclic) bond motifs is 1. The monoisotopic (exact) mass is 397 g/mol. The lowest BCUT2D eigenvalue weighted by atomic mass is 10.0. The molecular weight excluding hydrogens is 377 g/mol. The molecule has 0 bridgehead atoms. The van der Waals surface area contributed by atoms with Crippen LogP contribution >= 0.6 is 0 Å². The zero-order chi connectivity index (χ0) is 21.3. The number of methoxy groups -OCH3 is 1. The molecule has 0 N–H and O–H groups in total. The fourth-order valence-electron chi connectivity index (χ4n) is 3.56. The van der Waals surface area contributed by atoms with Crippen molar-refractivity contribution in [2.45, 2.75) is 13.5 Å². The van der Waals surface area contributed by atoms with Gasteiger partial charge in [-0.25, -0.2) is 4.98 Å². The largest absolute Gasteiger partial charge is 0.481 e. The fraction of sp³-hybridized carbons (Fsp3) is 0.130. The minimum atomic E-state index is -0.366. The lowest BCUT2D eigenvalue weighted by Crippen LogP contribution is -2.21. The number of hydrogen-bond donors (Lipinski definition) is 0. The van der Waals surface area contributed by atoms with E-state index >= 15 is 0 Å². The molecule has 0 fully saturated rings. The van der Waals surface area contributed by atoms with Crippen LogP contribution in [-0.4, -0.2) is 35.3 Å². The van der Waals surface area contributed by atoms with Crippen molar-refractivity contribution < 1.29 is 9.53 Å². The SMILES string of the molecule is Bc1cccc(Cn2cc(C(=O)c3cnc(OC)c(C)c3)c(=O)c3ccccc32)n1. The maximum atomic E-state index is 13.2. The van der Waals surface area contributed by atoms with Gasteiger partial charge >= 0.3 is 0 Å². The number of para-hydroxylation sites is 1. The van der Waals surface area contributed by atoms with Gasteiger partial charge in [-0.05, 0) is 36.8 Å². The minimum absolute atomic E-state index is 0.104. The summed E-state index contributed by atoms with van der Waals surface area (Å²) in [5.74, 6) is 0.0861. The van der Waals surface area contributed by atoms with Gasteiger partial charge in [0.1, 0.15) is 0 Å². The fourth-order valence-corrected chi connectivity index (χ4v) is 3.56. The van der Waals surface area contributed by atoms with Gasteiger partial charge in [0.2, 0.25) is 11.3 Å². The Balaban J connectivity index is 1.86. The number of ether oxygens (including phenoxy) is 1. The zero-order valence-corrected chi connectivity index (χ0v) is 17.0. The van der Waals surface area contributed by atoms with Gasteiger partial charge in [-0.2, -0.15) is 0 Å². The van der Waals surface area contributed by atoms with E-state index in [1.165, 1.54) is 13.3 Å². The van der Waals surface area contributed by atoms with Crippen molar-refractivity contribution in [3.8, 4) is 5.88 Å². The summed E-state index contributed by atoms with van der Waals surface area (Å²) in [5, 5.41) is 0.495. The van der Waals surface area contributed by atoms with Crippen LogP contribution in [0.3, 0.4) is 0 Å². The Morgan fingerprint density at radius 1 is 1.17 bits per heavy atom. The third kappa shape index (κ3) is 3.62. The summed E-state index contributed by atoms with van der Waals surface area (Å²) in [5.41, 5.74) is 3.41. The molecule has 0 atom stereocenters. The number of pyridine rings is 3. The average molecular weight is 397 g/mol. The van der Waals surface area contributed by atoms with Gasteiger partial charge in [0.25, 0.3) is 0 Å². The smallest absolute Gasteiger partial charge is 0.215 e. The second-order valence-corrected chi connectivity index (χ2v) is 7.17. The number of carbonyl (C=O) groups is 1. The van der Waals surface area contributed by atoms with E-state index in [1.807, 2.05) is 49.7 Å². The number of nitrogens with zero attached hydrogens (tertiary/aromatic N) is 3. The Bertz CT molecular complexity index is 1330. The molecule has 4 rings (SSSR count). The molecule has 7 heteroatoms. The van der Waals surface area contributed by atoms with Crippen molar-refractivity contribution >= 4 is 30.1 Å². The Morgan fingerprint density at radius 2 is 1.97 bits per heavy atom. The zero-order valence-electron chi connectivity index (χ0n) is 17.0. The van der Waals surface area contributed by atoms with Crippen LogP contribution < -0.4 is 15.8 Å². The summed E-state index contributed by atoms with van der Waals surface area (Å²) >= 11 is 0. The van der Waals surface area contributed by atoms with E-state index in [-0.39, 0.29) is 16.8 Å². The van der Waals surface area contributed by atoms with E-state index in [0.29, 0.717) is 23.4 Å². The van der Waals surface area contributed by atoms with Crippen molar-refractivity contribution in [1.29, 1.82) is 0 Å². The topological polar surface area (TPSA) is 74.1 Å². The van der Waals surface area contributed by atoms with Gasteiger partial charge in [0.05, 0.1) is 30.4 Å². The number of carbonyl (C=O) groups excluding carboxylic acids is 1. The highest BCUT2D eigenvalue weighted by Gasteiger charge is 2.18. The van der Waals surface area contributed by atoms with E-state index in [0.717, 1.165) is 22.4 Å². The lowest BCUT2D eigenvalue weighted by molar-refractivity contribution is 0.103. The van der Waals surface area contributed by atoms with Crippen LogP contribution in [0.5, 0.6) is 5.88 Å². The van der Waals surface area contributed by atoms with Gasteiger partial charge in [-0.15, -0.1) is 0 Å². The summed E-state index contributed by atoms with van der Waals surface area (Å²) in [7, 11) is 3.46. The first-order valence-corrected chi connectivity index (χ1v) is 9.58. The van der Waals surface area contributed by atoms with Crippen LogP contribution in [0.2, 0.25) is 0 Å². The number of ketones is 1. The summed E-state index contributed by atoms with van der Waals surface area (Å²) < 4.78 is 7.07. The molecule has 148 valence electrons. The average Bonchev–Trinajstić information content (AvgIpc) is 2.75. The lowest BCUT2D eigenvalue weighted by Gasteiger charge is -2.13. The molecule has 6 nitrogen and oxygen atoms in total. The Labute approximate surface area is 174 Å². The second kappa shape index (κ2) is 7.95. The quantitative estimate of drug-likeness (QED) is 0.378. The van der Waals surface area contributed by atoms with E-state index in [9.17, 15) is 9.59 Å². The van der Waals surface area contributed by atoms with Gasteiger partial charge in [-0.1, -0.05) is 24.3 Å². The van der Waals surface area contributed by atoms with E-state index in [4.69, 9.17) is 4.74 Å². The molecule has 0 saturated heterocycles. The summed E-state index contributed by atoms with van der Waals surface area (Å²) in [6, 6.07) is 14.8. The standard InChI is InChI=1S/C23H20BN3O3/c1-14-10-15(11-25-23(14)30-2)21(28)18-13-27(12-16-6-5-9-20(24)26-16)19-8-4-3-7-17(19)22(18)29/h3-11,13H,12,24H2,1-2H3. The molecule has 0 aliphatic heterocycles. The molecule has 0 amide bonds. The number of benzene rings is 1. The number of hydrogen-bond acceptors (Lipinski definition) is 5.